The number of benzene rings is 1. The molecule has 0 unspecified atom stereocenters. The molecular weight excluding hydrogens is 246 g/mol. The van der Waals surface area contributed by atoms with Gasteiger partial charge < -0.3 is 9.64 Å². The normalized spacial score (nSPS) is 23.9. The van der Waals surface area contributed by atoms with E-state index in [4.69, 9.17) is 4.74 Å². The molecule has 0 bridgehead atoms. The van der Waals surface area contributed by atoms with Gasteiger partial charge in [-0.2, -0.15) is 0 Å². The lowest BCUT2D eigenvalue weighted by Crippen LogP contribution is -2.42. The van der Waals surface area contributed by atoms with Crippen LogP contribution in [-0.4, -0.2) is 30.9 Å². The van der Waals surface area contributed by atoms with Crippen molar-refractivity contribution in [2.75, 3.05) is 23.8 Å². The lowest BCUT2D eigenvalue weighted by atomic mass is 10.1. The van der Waals surface area contributed by atoms with Crippen molar-refractivity contribution >= 4 is 23.4 Å². The van der Waals surface area contributed by atoms with E-state index < -0.39 is 0 Å². The predicted molar refractivity (Wildman–Crippen MR) is 73.1 cm³/mol. The second-order valence-electron chi connectivity index (χ2n) is 4.75. The van der Waals surface area contributed by atoms with Gasteiger partial charge in [0, 0.05) is 11.5 Å². The van der Waals surface area contributed by atoms with Crippen LogP contribution in [0.2, 0.25) is 0 Å². The van der Waals surface area contributed by atoms with E-state index in [1.54, 1.807) is 11.8 Å². The number of hydrogen-bond acceptors (Lipinski definition) is 3. The molecule has 1 aromatic rings. The predicted octanol–water partition coefficient (Wildman–Crippen LogP) is 2.69. The average molecular weight is 263 g/mol. The van der Waals surface area contributed by atoms with Gasteiger partial charge in [0.15, 0.2) is 0 Å². The number of fused-ring (bicyclic) bond motifs is 1. The lowest BCUT2D eigenvalue weighted by Gasteiger charge is -2.33. The number of anilines is 1. The third kappa shape index (κ3) is 2.40. The highest BCUT2D eigenvalue weighted by Crippen LogP contribution is 2.35. The summed E-state index contributed by atoms with van der Waals surface area (Å²) in [6.45, 7) is 1.54. The van der Waals surface area contributed by atoms with E-state index in [9.17, 15) is 4.79 Å². The molecule has 18 heavy (non-hydrogen) atoms. The molecule has 0 aromatic heterocycles. The maximum Gasteiger partial charge on any atom is 0.237 e. The Labute approximate surface area is 111 Å². The zero-order chi connectivity index (χ0) is 12.4. The van der Waals surface area contributed by atoms with Gasteiger partial charge in [0.05, 0.1) is 24.1 Å². The van der Waals surface area contributed by atoms with Crippen molar-refractivity contribution in [3.63, 3.8) is 0 Å². The minimum absolute atomic E-state index is 0.202. The Hall–Kier alpha value is -1.00. The molecule has 2 aliphatic rings. The smallest absolute Gasteiger partial charge is 0.237 e. The highest BCUT2D eigenvalue weighted by atomic mass is 32.2. The van der Waals surface area contributed by atoms with Crippen LogP contribution in [0.1, 0.15) is 19.3 Å². The fraction of sp³-hybridized carbons (Fsp3) is 0.500. The van der Waals surface area contributed by atoms with Gasteiger partial charge >= 0.3 is 0 Å². The summed E-state index contributed by atoms with van der Waals surface area (Å²) in [6, 6.07) is 8.13. The Balaban J connectivity index is 1.79. The minimum atomic E-state index is 0.202. The molecular formula is C14H17NO2S. The molecule has 2 heterocycles. The van der Waals surface area contributed by atoms with Gasteiger partial charge in [-0.05, 0) is 31.4 Å². The summed E-state index contributed by atoms with van der Waals surface area (Å²) >= 11 is 1.63. The van der Waals surface area contributed by atoms with Crippen LogP contribution >= 0.6 is 11.8 Å². The molecule has 4 heteroatoms. The Kier molecular flexibility index (Phi) is 3.57. The summed E-state index contributed by atoms with van der Waals surface area (Å²) in [5.41, 5.74) is 1.05. The Morgan fingerprint density at radius 2 is 2.22 bits per heavy atom. The van der Waals surface area contributed by atoms with Crippen LogP contribution in [0.15, 0.2) is 29.2 Å². The molecule has 0 aliphatic carbocycles. The van der Waals surface area contributed by atoms with Crippen LogP contribution in [0, 0.1) is 0 Å². The van der Waals surface area contributed by atoms with Gasteiger partial charge in [-0.3, -0.25) is 4.79 Å². The van der Waals surface area contributed by atoms with Crippen LogP contribution in [0.4, 0.5) is 5.69 Å². The Bertz CT molecular complexity index is 443. The highest BCUT2D eigenvalue weighted by molar-refractivity contribution is 8.00. The van der Waals surface area contributed by atoms with Crippen molar-refractivity contribution in [3.8, 4) is 0 Å². The molecule has 1 aromatic carbocycles. The number of hydrogen-bond donors (Lipinski definition) is 0. The standard InChI is InChI=1S/C14H17NO2S/c16-14-10-18-13-7-2-1-6-12(13)15(14)9-11-5-3-4-8-17-11/h1-2,6-7,11H,3-5,8-10H2/t11-/m1/s1. The van der Waals surface area contributed by atoms with E-state index in [-0.39, 0.29) is 12.0 Å². The average Bonchev–Trinajstić information content (AvgIpc) is 2.43. The first-order chi connectivity index (χ1) is 8.84. The molecule has 3 nitrogen and oxygen atoms in total. The largest absolute Gasteiger partial charge is 0.376 e. The van der Waals surface area contributed by atoms with Gasteiger partial charge in [0.1, 0.15) is 0 Å². The first kappa shape index (κ1) is 12.1. The number of ether oxygens (including phenoxy) is 1. The highest BCUT2D eigenvalue weighted by Gasteiger charge is 2.27. The summed E-state index contributed by atoms with van der Waals surface area (Å²) in [4.78, 5) is 15.2. The molecule has 0 N–H and O–H groups in total. The van der Waals surface area contributed by atoms with Gasteiger partial charge in [-0.15, -0.1) is 11.8 Å². The van der Waals surface area contributed by atoms with E-state index in [2.05, 4.69) is 6.07 Å². The van der Waals surface area contributed by atoms with E-state index in [0.29, 0.717) is 12.3 Å². The van der Waals surface area contributed by atoms with E-state index >= 15 is 0 Å². The number of thioether (sulfide) groups is 1. The molecule has 96 valence electrons. The fourth-order valence-electron chi connectivity index (χ4n) is 2.51. The third-order valence-corrected chi connectivity index (χ3v) is 4.52. The van der Waals surface area contributed by atoms with Crippen molar-refractivity contribution in [1.29, 1.82) is 0 Å². The second kappa shape index (κ2) is 5.33. The van der Waals surface area contributed by atoms with Crippen LogP contribution < -0.4 is 4.90 Å². The van der Waals surface area contributed by atoms with Crippen LogP contribution in [0.3, 0.4) is 0 Å². The first-order valence-corrected chi connectivity index (χ1v) is 7.47. The number of para-hydroxylation sites is 1. The van der Waals surface area contributed by atoms with Crippen molar-refractivity contribution in [2.45, 2.75) is 30.3 Å². The van der Waals surface area contributed by atoms with Crippen molar-refractivity contribution in [1.82, 2.24) is 0 Å². The summed E-state index contributed by atoms with van der Waals surface area (Å²) < 4.78 is 5.74. The van der Waals surface area contributed by atoms with Crippen molar-refractivity contribution in [2.24, 2.45) is 0 Å². The number of rotatable bonds is 2. The molecule has 2 aliphatic heterocycles. The van der Waals surface area contributed by atoms with E-state index in [1.165, 1.54) is 11.3 Å². The number of amides is 1. The van der Waals surface area contributed by atoms with Gasteiger partial charge in [-0.1, -0.05) is 12.1 Å². The Morgan fingerprint density at radius 1 is 1.33 bits per heavy atom. The quantitative estimate of drug-likeness (QED) is 0.821. The molecule has 0 radical (unpaired) electrons. The summed E-state index contributed by atoms with van der Waals surface area (Å²) in [7, 11) is 0. The monoisotopic (exact) mass is 263 g/mol. The number of carbonyl (C=O) groups is 1. The molecule has 1 amide bonds. The van der Waals surface area contributed by atoms with Gasteiger partial charge in [0.25, 0.3) is 0 Å². The maximum absolute atomic E-state index is 12.1. The zero-order valence-electron chi connectivity index (χ0n) is 10.3. The molecule has 0 saturated carbocycles. The molecule has 3 rings (SSSR count). The molecule has 1 atom stereocenters. The minimum Gasteiger partial charge on any atom is -0.376 e. The zero-order valence-corrected chi connectivity index (χ0v) is 11.1. The van der Waals surface area contributed by atoms with E-state index in [0.717, 1.165) is 25.1 Å². The molecule has 1 saturated heterocycles. The topological polar surface area (TPSA) is 29.5 Å². The summed E-state index contributed by atoms with van der Waals surface area (Å²) in [5, 5.41) is 0. The van der Waals surface area contributed by atoms with Crippen LogP contribution in [0.25, 0.3) is 0 Å². The third-order valence-electron chi connectivity index (χ3n) is 3.47. The van der Waals surface area contributed by atoms with Gasteiger partial charge in [0.2, 0.25) is 5.91 Å². The molecule has 1 fully saturated rings. The maximum atomic E-state index is 12.1. The Morgan fingerprint density at radius 3 is 3.06 bits per heavy atom. The number of nitrogens with zero attached hydrogens (tertiary/aromatic N) is 1. The summed E-state index contributed by atoms with van der Waals surface area (Å²) in [5.74, 6) is 0.747. The van der Waals surface area contributed by atoms with Gasteiger partial charge in [-0.25, -0.2) is 0 Å². The van der Waals surface area contributed by atoms with Crippen molar-refractivity contribution in [3.05, 3.63) is 24.3 Å². The molecule has 0 spiro atoms. The lowest BCUT2D eigenvalue weighted by molar-refractivity contribution is -0.116. The van der Waals surface area contributed by atoms with E-state index in [1.807, 2.05) is 23.1 Å². The van der Waals surface area contributed by atoms with Crippen molar-refractivity contribution < 1.29 is 9.53 Å². The SMILES string of the molecule is O=C1CSc2ccccc2N1C[C@H]1CCCCO1. The fourth-order valence-corrected chi connectivity index (χ4v) is 3.44. The van der Waals surface area contributed by atoms with Crippen LogP contribution in [0.5, 0.6) is 0 Å². The first-order valence-electron chi connectivity index (χ1n) is 6.48. The summed E-state index contributed by atoms with van der Waals surface area (Å²) in [6.07, 6.45) is 3.64. The van der Waals surface area contributed by atoms with Crippen LogP contribution in [-0.2, 0) is 9.53 Å². The second-order valence-corrected chi connectivity index (χ2v) is 5.77. The number of carbonyl (C=O) groups excluding carboxylic acids is 1.